The van der Waals surface area contributed by atoms with Crippen LogP contribution in [0.1, 0.15) is 177 Å². The highest BCUT2D eigenvalue weighted by Crippen LogP contribution is 2.50. The van der Waals surface area contributed by atoms with E-state index in [0.717, 1.165) is 79.6 Å². The van der Waals surface area contributed by atoms with Crippen molar-refractivity contribution in [2.75, 3.05) is 0 Å². The minimum absolute atomic E-state index is 0.290. The lowest BCUT2D eigenvalue weighted by Crippen LogP contribution is -2.32. The quantitative estimate of drug-likeness (QED) is 0.152. The van der Waals surface area contributed by atoms with E-state index in [-0.39, 0.29) is 21.7 Å². The fourth-order valence-electron chi connectivity index (χ4n) is 8.09. The third-order valence-corrected chi connectivity index (χ3v) is 12.1. The van der Waals surface area contributed by atoms with Gasteiger partial charge in [0.1, 0.15) is 23.0 Å². The van der Waals surface area contributed by atoms with E-state index in [4.69, 9.17) is 0 Å². The molecule has 4 aromatic rings. The van der Waals surface area contributed by atoms with E-state index in [1.54, 1.807) is 0 Å². The third-order valence-electron chi connectivity index (χ3n) is 12.1. The second-order valence-electron chi connectivity index (χ2n) is 20.9. The lowest BCUT2D eigenvalue weighted by Gasteiger charge is -2.40. The molecule has 0 radical (unpaired) electrons. The average molecular weight is 735 g/mol. The standard InChI is InChI=1S/C50H70O4/c1-29-21-33(25-37(41(29)51)45(5,6)7)49(17,34-22-30(2)42(52)38(26-34)46(8,9)10)19-20-50(18,35-23-31(3)43(53)39(27-35)47(11,12)13)36-24-32(4)44(54)40(28-36)48(14,15)16/h21-28,51-54H,19-20H2,1-18H3. The second kappa shape index (κ2) is 14.0. The SMILES string of the molecule is Cc1cc(C(C)(CCC(C)(c2cc(C)c(O)c(C(C)(C)C)c2)c2cc(C)c(O)c(C(C)(C)C)c2)c2cc(C)c(O)c(C(C)(C)C)c2)cc(C(C)(C)C)c1O. The Morgan fingerprint density at radius 2 is 0.481 bits per heavy atom. The van der Waals surface area contributed by atoms with Crippen LogP contribution in [0.4, 0.5) is 0 Å². The third kappa shape index (κ3) is 8.05. The summed E-state index contributed by atoms with van der Waals surface area (Å²) in [5.74, 6) is 1.33. The van der Waals surface area contributed by atoms with Crippen LogP contribution in [0, 0.1) is 27.7 Å². The summed E-state index contributed by atoms with van der Waals surface area (Å²) < 4.78 is 0. The molecule has 0 amide bonds. The molecule has 54 heavy (non-hydrogen) atoms. The molecule has 4 rings (SSSR count). The largest absolute Gasteiger partial charge is 0.507 e. The van der Waals surface area contributed by atoms with Crippen LogP contribution in [0.3, 0.4) is 0 Å². The van der Waals surface area contributed by atoms with Crippen LogP contribution in [-0.2, 0) is 32.5 Å². The topological polar surface area (TPSA) is 80.9 Å². The molecule has 0 spiro atoms. The molecule has 294 valence electrons. The highest BCUT2D eigenvalue weighted by molar-refractivity contribution is 5.57. The zero-order valence-electron chi connectivity index (χ0n) is 36.8. The van der Waals surface area contributed by atoms with Crippen LogP contribution in [0.15, 0.2) is 48.5 Å². The number of rotatable bonds is 7. The van der Waals surface area contributed by atoms with Crippen LogP contribution >= 0.6 is 0 Å². The number of aromatic hydroxyl groups is 4. The van der Waals surface area contributed by atoms with Gasteiger partial charge in [0.2, 0.25) is 0 Å². The van der Waals surface area contributed by atoms with Gasteiger partial charge in [0.25, 0.3) is 0 Å². The maximum Gasteiger partial charge on any atom is 0.122 e. The summed E-state index contributed by atoms with van der Waals surface area (Å²) >= 11 is 0. The van der Waals surface area contributed by atoms with Gasteiger partial charge in [-0.25, -0.2) is 0 Å². The molecular formula is C50H70O4. The monoisotopic (exact) mass is 735 g/mol. The van der Waals surface area contributed by atoms with Gasteiger partial charge in [-0.2, -0.15) is 0 Å². The van der Waals surface area contributed by atoms with Gasteiger partial charge in [0, 0.05) is 10.8 Å². The molecule has 0 aromatic heterocycles. The fraction of sp³-hybridized carbons (Fsp3) is 0.520. The summed E-state index contributed by atoms with van der Waals surface area (Å²) in [6.45, 7) is 38.3. The van der Waals surface area contributed by atoms with E-state index in [9.17, 15) is 20.4 Å². The van der Waals surface area contributed by atoms with Crippen molar-refractivity contribution in [3.8, 4) is 23.0 Å². The van der Waals surface area contributed by atoms with Gasteiger partial charge in [-0.05, 0) is 129 Å². The first-order valence-electron chi connectivity index (χ1n) is 19.7. The van der Waals surface area contributed by atoms with Gasteiger partial charge in [-0.1, -0.05) is 145 Å². The van der Waals surface area contributed by atoms with Crippen molar-refractivity contribution in [2.24, 2.45) is 0 Å². The van der Waals surface area contributed by atoms with Crippen LogP contribution in [-0.4, -0.2) is 20.4 Å². The molecule has 4 aromatic carbocycles. The molecule has 0 unspecified atom stereocenters. The first-order valence-corrected chi connectivity index (χ1v) is 19.7. The summed E-state index contributed by atoms with van der Waals surface area (Å²) in [7, 11) is 0. The Morgan fingerprint density at radius 1 is 0.315 bits per heavy atom. The lowest BCUT2D eigenvalue weighted by atomic mass is 9.63. The zero-order valence-corrected chi connectivity index (χ0v) is 36.8. The van der Waals surface area contributed by atoms with Crippen molar-refractivity contribution < 1.29 is 20.4 Å². The number of benzene rings is 4. The highest BCUT2D eigenvalue weighted by atomic mass is 16.3. The van der Waals surface area contributed by atoms with Gasteiger partial charge >= 0.3 is 0 Å². The number of phenols is 4. The second-order valence-corrected chi connectivity index (χ2v) is 20.9. The molecule has 4 N–H and O–H groups in total. The van der Waals surface area contributed by atoms with Gasteiger partial charge in [0.05, 0.1) is 0 Å². The predicted octanol–water partition coefficient (Wildman–Crippen LogP) is 13.0. The summed E-state index contributed by atoms with van der Waals surface area (Å²) in [5.41, 5.74) is 9.20. The normalized spacial score (nSPS) is 13.4. The fourth-order valence-corrected chi connectivity index (χ4v) is 8.09. The van der Waals surface area contributed by atoms with Gasteiger partial charge in [-0.3, -0.25) is 0 Å². The van der Waals surface area contributed by atoms with Crippen molar-refractivity contribution in [1.82, 2.24) is 0 Å². The van der Waals surface area contributed by atoms with Crippen molar-refractivity contribution in [3.05, 3.63) is 115 Å². The Hall–Kier alpha value is -3.92. The molecule has 0 atom stereocenters. The van der Waals surface area contributed by atoms with Crippen molar-refractivity contribution in [1.29, 1.82) is 0 Å². The Bertz CT molecular complexity index is 1760. The van der Waals surface area contributed by atoms with Crippen LogP contribution in [0.2, 0.25) is 0 Å². The number of hydrogen-bond donors (Lipinski definition) is 4. The molecule has 0 fully saturated rings. The van der Waals surface area contributed by atoms with Crippen LogP contribution in [0.5, 0.6) is 23.0 Å². The van der Waals surface area contributed by atoms with E-state index in [1.165, 1.54) is 0 Å². The Morgan fingerprint density at radius 3 is 0.630 bits per heavy atom. The number of hydrogen-bond acceptors (Lipinski definition) is 4. The Labute approximate surface area is 327 Å². The van der Waals surface area contributed by atoms with Crippen molar-refractivity contribution >= 4 is 0 Å². The van der Waals surface area contributed by atoms with Crippen LogP contribution < -0.4 is 0 Å². The van der Waals surface area contributed by atoms with Crippen LogP contribution in [0.25, 0.3) is 0 Å². The number of aryl methyl sites for hydroxylation is 4. The molecular weight excluding hydrogens is 665 g/mol. The molecule has 0 aliphatic carbocycles. The van der Waals surface area contributed by atoms with Gasteiger partial charge in [-0.15, -0.1) is 0 Å². The average Bonchev–Trinajstić information content (AvgIpc) is 3.02. The molecule has 4 nitrogen and oxygen atoms in total. The molecule has 4 heteroatoms. The van der Waals surface area contributed by atoms with Crippen molar-refractivity contribution in [3.63, 3.8) is 0 Å². The lowest BCUT2D eigenvalue weighted by molar-refractivity contribution is 0.400. The summed E-state index contributed by atoms with van der Waals surface area (Å²) in [6.07, 6.45) is 1.45. The van der Waals surface area contributed by atoms with E-state index in [1.807, 2.05) is 27.7 Å². The predicted molar refractivity (Wildman–Crippen MR) is 228 cm³/mol. The maximum absolute atomic E-state index is 11.4. The minimum Gasteiger partial charge on any atom is -0.507 e. The molecule has 0 saturated carbocycles. The molecule has 0 heterocycles. The Kier molecular flexibility index (Phi) is 11.1. The highest BCUT2D eigenvalue weighted by Gasteiger charge is 2.40. The summed E-state index contributed by atoms with van der Waals surface area (Å²) in [6, 6.07) is 17.4. The number of phenolic OH excluding ortho intramolecular Hbond substituents is 4. The van der Waals surface area contributed by atoms with E-state index < -0.39 is 10.8 Å². The van der Waals surface area contributed by atoms with Crippen molar-refractivity contribution in [2.45, 2.75) is 170 Å². The minimum atomic E-state index is -0.546. The molecule has 0 saturated heterocycles. The van der Waals surface area contributed by atoms with Gasteiger partial charge < -0.3 is 20.4 Å². The summed E-state index contributed by atoms with van der Waals surface area (Å²) in [5, 5.41) is 45.6. The first-order chi connectivity index (χ1) is 24.3. The van der Waals surface area contributed by atoms with E-state index in [0.29, 0.717) is 23.0 Å². The Balaban J connectivity index is 2.13. The summed E-state index contributed by atoms with van der Waals surface area (Å²) in [4.78, 5) is 0. The smallest absolute Gasteiger partial charge is 0.122 e. The molecule has 0 bridgehead atoms. The molecule has 0 aliphatic rings. The van der Waals surface area contributed by atoms with E-state index in [2.05, 4.69) is 145 Å². The first kappa shape index (κ1) is 42.8. The maximum atomic E-state index is 11.4. The van der Waals surface area contributed by atoms with E-state index >= 15 is 0 Å². The molecule has 0 aliphatic heterocycles. The van der Waals surface area contributed by atoms with Gasteiger partial charge in [0.15, 0.2) is 0 Å². The zero-order chi connectivity index (χ0) is 41.3.